The standard InChI is InChI=1S/C24H20FN7O/c1-27-23(33)15-4-2-14(3-5-15)18-11-29-24(32-13-16(10-26)31-22(18)32)30-12-19-17-8-9-28-21(17)7-6-20(19)25/h2-7,11,13,28H,8-9,12H2,1H3,(H,27,33)(H,29,30). The number of nitriles is 1. The van der Waals surface area contributed by atoms with Crippen molar-refractivity contribution < 1.29 is 9.18 Å². The molecule has 0 radical (unpaired) electrons. The van der Waals surface area contributed by atoms with Crippen molar-refractivity contribution in [3.63, 3.8) is 0 Å². The van der Waals surface area contributed by atoms with Gasteiger partial charge in [-0.2, -0.15) is 5.26 Å². The van der Waals surface area contributed by atoms with Gasteiger partial charge in [-0.05, 0) is 41.8 Å². The molecule has 1 aliphatic rings. The lowest BCUT2D eigenvalue weighted by Gasteiger charge is -2.13. The van der Waals surface area contributed by atoms with Gasteiger partial charge in [0.2, 0.25) is 5.95 Å². The van der Waals surface area contributed by atoms with Crippen molar-refractivity contribution >= 4 is 23.2 Å². The molecule has 3 heterocycles. The second-order valence-corrected chi connectivity index (χ2v) is 7.67. The smallest absolute Gasteiger partial charge is 0.251 e. The zero-order valence-electron chi connectivity index (χ0n) is 17.8. The first kappa shape index (κ1) is 20.5. The van der Waals surface area contributed by atoms with E-state index in [1.165, 1.54) is 6.07 Å². The molecule has 2 aromatic heterocycles. The van der Waals surface area contributed by atoms with Crippen LogP contribution in [0.4, 0.5) is 16.0 Å². The minimum Gasteiger partial charge on any atom is -0.384 e. The lowest BCUT2D eigenvalue weighted by atomic mass is 10.0. The van der Waals surface area contributed by atoms with Crippen LogP contribution in [0.15, 0.2) is 48.8 Å². The van der Waals surface area contributed by atoms with Crippen LogP contribution < -0.4 is 16.0 Å². The van der Waals surface area contributed by atoms with Crippen LogP contribution in [0.25, 0.3) is 16.8 Å². The molecule has 8 nitrogen and oxygen atoms in total. The number of carbonyl (C=O) groups excluding carboxylic acids is 1. The van der Waals surface area contributed by atoms with Gasteiger partial charge in [-0.3, -0.25) is 9.20 Å². The fraction of sp³-hybridized carbons (Fsp3) is 0.167. The molecule has 164 valence electrons. The number of imidazole rings is 1. The number of anilines is 2. The molecular weight excluding hydrogens is 421 g/mol. The fourth-order valence-electron chi connectivity index (χ4n) is 4.11. The summed E-state index contributed by atoms with van der Waals surface area (Å²) in [5.74, 6) is 0.0110. The number of nitrogens with zero attached hydrogens (tertiary/aromatic N) is 4. The van der Waals surface area contributed by atoms with Crippen LogP contribution in [-0.4, -0.2) is 33.9 Å². The maximum atomic E-state index is 14.5. The number of halogens is 1. The first-order valence-corrected chi connectivity index (χ1v) is 10.5. The maximum Gasteiger partial charge on any atom is 0.251 e. The molecule has 0 aliphatic carbocycles. The van der Waals surface area contributed by atoms with Gasteiger partial charge >= 0.3 is 0 Å². The second-order valence-electron chi connectivity index (χ2n) is 7.67. The SMILES string of the molecule is CNC(=O)c1ccc(-c2cnc(NCc3c(F)ccc4c3CCN4)n3cc(C#N)nc23)cc1. The third-order valence-electron chi connectivity index (χ3n) is 5.78. The molecule has 1 aliphatic heterocycles. The summed E-state index contributed by atoms with van der Waals surface area (Å²) in [5.41, 5.74) is 5.35. The first-order chi connectivity index (χ1) is 16.1. The number of aromatic nitrogens is 3. The zero-order valence-corrected chi connectivity index (χ0v) is 17.8. The van der Waals surface area contributed by atoms with Gasteiger partial charge in [-0.1, -0.05) is 12.1 Å². The van der Waals surface area contributed by atoms with E-state index in [4.69, 9.17) is 0 Å². The largest absolute Gasteiger partial charge is 0.384 e. The summed E-state index contributed by atoms with van der Waals surface area (Å²) in [5, 5.41) is 18.5. The number of rotatable bonds is 5. The quantitative estimate of drug-likeness (QED) is 0.439. The molecule has 0 fully saturated rings. The molecule has 0 spiro atoms. The molecule has 0 saturated carbocycles. The Morgan fingerprint density at radius 3 is 2.85 bits per heavy atom. The summed E-state index contributed by atoms with van der Waals surface area (Å²) in [7, 11) is 1.58. The number of hydrogen-bond acceptors (Lipinski definition) is 6. The Kier molecular flexibility index (Phi) is 5.11. The third-order valence-corrected chi connectivity index (χ3v) is 5.78. The molecule has 5 rings (SSSR count). The summed E-state index contributed by atoms with van der Waals surface area (Å²) >= 11 is 0. The Hall–Kier alpha value is -4.45. The number of nitrogens with one attached hydrogen (secondary N) is 3. The summed E-state index contributed by atoms with van der Waals surface area (Å²) in [4.78, 5) is 20.8. The van der Waals surface area contributed by atoms with Crippen LogP contribution in [0.5, 0.6) is 0 Å². The van der Waals surface area contributed by atoms with Crippen molar-refractivity contribution in [2.45, 2.75) is 13.0 Å². The van der Waals surface area contributed by atoms with E-state index in [-0.39, 0.29) is 24.0 Å². The molecule has 0 bridgehead atoms. The van der Waals surface area contributed by atoms with Gasteiger partial charge in [0.05, 0.1) is 6.20 Å². The van der Waals surface area contributed by atoms with Crippen LogP contribution in [-0.2, 0) is 13.0 Å². The van der Waals surface area contributed by atoms with Crippen LogP contribution in [0, 0.1) is 17.1 Å². The van der Waals surface area contributed by atoms with E-state index in [0.29, 0.717) is 28.3 Å². The lowest BCUT2D eigenvalue weighted by molar-refractivity contribution is 0.0963. The van der Waals surface area contributed by atoms with Crippen molar-refractivity contribution in [2.24, 2.45) is 0 Å². The summed E-state index contributed by atoms with van der Waals surface area (Å²) in [6.07, 6.45) is 4.02. The summed E-state index contributed by atoms with van der Waals surface area (Å²) < 4.78 is 16.2. The number of fused-ring (bicyclic) bond motifs is 2. The van der Waals surface area contributed by atoms with Gasteiger partial charge in [0.1, 0.15) is 11.9 Å². The Labute approximate surface area is 189 Å². The van der Waals surface area contributed by atoms with Gasteiger partial charge in [0, 0.05) is 48.7 Å². The van der Waals surface area contributed by atoms with Crippen molar-refractivity contribution in [2.75, 3.05) is 24.2 Å². The van der Waals surface area contributed by atoms with E-state index in [1.54, 1.807) is 42.0 Å². The minimum absolute atomic E-state index is 0.174. The number of amides is 1. The van der Waals surface area contributed by atoms with Crippen molar-refractivity contribution in [1.29, 1.82) is 5.26 Å². The molecule has 0 unspecified atom stereocenters. The second kappa shape index (κ2) is 8.24. The molecular formula is C24H20FN7O. The predicted molar refractivity (Wildman–Crippen MR) is 122 cm³/mol. The third kappa shape index (κ3) is 3.61. The van der Waals surface area contributed by atoms with Gasteiger partial charge in [-0.15, -0.1) is 0 Å². The van der Waals surface area contributed by atoms with E-state index in [2.05, 4.69) is 32.0 Å². The lowest BCUT2D eigenvalue weighted by Crippen LogP contribution is -2.17. The number of carbonyl (C=O) groups is 1. The number of hydrogen-bond donors (Lipinski definition) is 3. The molecule has 2 aromatic carbocycles. The van der Waals surface area contributed by atoms with E-state index < -0.39 is 0 Å². The highest BCUT2D eigenvalue weighted by Gasteiger charge is 2.19. The molecule has 9 heteroatoms. The Morgan fingerprint density at radius 2 is 2.09 bits per heavy atom. The van der Waals surface area contributed by atoms with Crippen LogP contribution in [0.2, 0.25) is 0 Å². The summed E-state index contributed by atoms with van der Waals surface area (Å²) in [6.45, 7) is 1.04. The monoisotopic (exact) mass is 441 g/mol. The maximum absolute atomic E-state index is 14.5. The zero-order chi connectivity index (χ0) is 22.9. The van der Waals surface area contributed by atoms with E-state index in [9.17, 15) is 14.4 Å². The molecule has 1 amide bonds. The van der Waals surface area contributed by atoms with E-state index in [1.807, 2.05) is 12.1 Å². The molecule has 4 aromatic rings. The van der Waals surface area contributed by atoms with Crippen LogP contribution in [0.1, 0.15) is 27.2 Å². The average Bonchev–Trinajstić information content (AvgIpc) is 3.50. The van der Waals surface area contributed by atoms with Gasteiger partial charge < -0.3 is 16.0 Å². The Bertz CT molecular complexity index is 1420. The van der Waals surface area contributed by atoms with E-state index >= 15 is 0 Å². The molecule has 33 heavy (non-hydrogen) atoms. The predicted octanol–water partition coefficient (Wildman–Crippen LogP) is 3.35. The highest BCUT2D eigenvalue weighted by Crippen LogP contribution is 2.29. The highest BCUT2D eigenvalue weighted by molar-refractivity contribution is 5.94. The Morgan fingerprint density at radius 1 is 1.27 bits per heavy atom. The highest BCUT2D eigenvalue weighted by atomic mass is 19.1. The number of benzene rings is 2. The fourth-order valence-corrected chi connectivity index (χ4v) is 4.11. The van der Waals surface area contributed by atoms with Crippen molar-refractivity contribution in [3.05, 3.63) is 77.0 Å². The van der Waals surface area contributed by atoms with Crippen molar-refractivity contribution in [1.82, 2.24) is 19.7 Å². The molecule has 0 atom stereocenters. The average molecular weight is 441 g/mol. The van der Waals surface area contributed by atoms with Crippen LogP contribution >= 0.6 is 0 Å². The molecule has 3 N–H and O–H groups in total. The topological polar surface area (TPSA) is 107 Å². The normalized spacial score (nSPS) is 12.2. The van der Waals surface area contributed by atoms with Crippen molar-refractivity contribution in [3.8, 4) is 17.2 Å². The first-order valence-electron chi connectivity index (χ1n) is 10.5. The Balaban J connectivity index is 1.51. The minimum atomic E-state index is -0.266. The summed E-state index contributed by atoms with van der Waals surface area (Å²) in [6, 6.07) is 12.4. The van der Waals surface area contributed by atoms with E-state index in [0.717, 1.165) is 29.8 Å². The van der Waals surface area contributed by atoms with Gasteiger partial charge in [-0.25, -0.2) is 14.4 Å². The van der Waals surface area contributed by atoms with Gasteiger partial charge in [0.15, 0.2) is 11.3 Å². The van der Waals surface area contributed by atoms with Gasteiger partial charge in [0.25, 0.3) is 5.91 Å². The molecule has 0 saturated heterocycles. The van der Waals surface area contributed by atoms with Crippen LogP contribution in [0.3, 0.4) is 0 Å².